The van der Waals surface area contributed by atoms with Crippen molar-refractivity contribution in [2.75, 3.05) is 11.9 Å². The van der Waals surface area contributed by atoms with Crippen molar-refractivity contribution < 1.29 is 9.59 Å². The Hall–Kier alpha value is -2.69. The van der Waals surface area contributed by atoms with E-state index in [1.54, 1.807) is 18.3 Å². The standard InChI is InChI=1S/C17H17N3O2/c21-16-7-5-12-11-13(4-6-15(12)20-16)17(22)19-10-8-14-3-1-2-9-18-14/h1-4,6,9,11H,5,7-8,10H2,(H,19,22)(H,20,21). The van der Waals surface area contributed by atoms with Gasteiger partial charge in [-0.25, -0.2) is 0 Å². The second-order valence-corrected chi connectivity index (χ2v) is 5.25. The highest BCUT2D eigenvalue weighted by atomic mass is 16.2. The van der Waals surface area contributed by atoms with Gasteiger partial charge in [0, 0.05) is 42.5 Å². The first-order valence-corrected chi connectivity index (χ1v) is 7.33. The van der Waals surface area contributed by atoms with Gasteiger partial charge in [-0.05, 0) is 42.3 Å². The Bertz CT molecular complexity index is 698. The first-order valence-electron chi connectivity index (χ1n) is 7.33. The van der Waals surface area contributed by atoms with Crippen LogP contribution in [0.25, 0.3) is 0 Å². The fourth-order valence-corrected chi connectivity index (χ4v) is 2.48. The number of aryl methyl sites for hydroxylation is 1. The Kier molecular flexibility index (Phi) is 4.14. The molecule has 0 spiro atoms. The molecular weight excluding hydrogens is 278 g/mol. The number of benzene rings is 1. The number of carbonyl (C=O) groups excluding carboxylic acids is 2. The molecule has 0 atom stereocenters. The van der Waals surface area contributed by atoms with Crippen molar-refractivity contribution in [3.8, 4) is 0 Å². The molecule has 0 saturated heterocycles. The van der Waals surface area contributed by atoms with Crippen LogP contribution in [-0.4, -0.2) is 23.3 Å². The van der Waals surface area contributed by atoms with E-state index in [1.165, 1.54) is 0 Å². The smallest absolute Gasteiger partial charge is 0.251 e. The number of amides is 2. The predicted octanol–water partition coefficient (Wildman–Crippen LogP) is 1.94. The summed E-state index contributed by atoms with van der Waals surface area (Å²) in [6, 6.07) is 11.1. The molecule has 0 bridgehead atoms. The number of rotatable bonds is 4. The number of carbonyl (C=O) groups is 2. The van der Waals surface area contributed by atoms with Gasteiger partial charge in [0.1, 0.15) is 0 Å². The number of nitrogens with zero attached hydrogens (tertiary/aromatic N) is 1. The van der Waals surface area contributed by atoms with E-state index in [0.29, 0.717) is 31.4 Å². The summed E-state index contributed by atoms with van der Waals surface area (Å²) in [5.74, 6) is -0.0734. The molecule has 5 heteroatoms. The zero-order valence-corrected chi connectivity index (χ0v) is 12.1. The molecular formula is C17H17N3O2. The lowest BCUT2D eigenvalue weighted by Gasteiger charge is -2.17. The van der Waals surface area contributed by atoms with Crippen molar-refractivity contribution in [2.24, 2.45) is 0 Å². The number of anilines is 1. The minimum absolute atomic E-state index is 0.0278. The van der Waals surface area contributed by atoms with Gasteiger partial charge in [0.25, 0.3) is 5.91 Å². The molecule has 1 aromatic heterocycles. The summed E-state index contributed by atoms with van der Waals surface area (Å²) in [6.45, 7) is 0.545. The Balaban J connectivity index is 1.59. The molecule has 2 N–H and O–H groups in total. The highest BCUT2D eigenvalue weighted by Crippen LogP contribution is 2.23. The van der Waals surface area contributed by atoms with Gasteiger partial charge in [0.05, 0.1) is 0 Å². The summed E-state index contributed by atoms with van der Waals surface area (Å²) in [6.07, 6.45) is 3.59. The molecule has 0 unspecified atom stereocenters. The average Bonchev–Trinajstić information content (AvgIpc) is 2.55. The van der Waals surface area contributed by atoms with Crippen LogP contribution in [0.4, 0.5) is 5.69 Å². The molecule has 2 aromatic rings. The van der Waals surface area contributed by atoms with Gasteiger partial charge < -0.3 is 10.6 Å². The fourth-order valence-electron chi connectivity index (χ4n) is 2.48. The van der Waals surface area contributed by atoms with Crippen molar-refractivity contribution >= 4 is 17.5 Å². The maximum atomic E-state index is 12.2. The third-order valence-corrected chi connectivity index (χ3v) is 3.66. The summed E-state index contributed by atoms with van der Waals surface area (Å²) < 4.78 is 0. The van der Waals surface area contributed by atoms with E-state index in [0.717, 1.165) is 16.9 Å². The van der Waals surface area contributed by atoms with Crippen molar-refractivity contribution in [1.82, 2.24) is 10.3 Å². The second kappa shape index (κ2) is 6.39. The molecule has 0 saturated carbocycles. The van der Waals surface area contributed by atoms with Crippen molar-refractivity contribution in [2.45, 2.75) is 19.3 Å². The van der Waals surface area contributed by atoms with Gasteiger partial charge in [-0.1, -0.05) is 6.07 Å². The SMILES string of the molecule is O=C1CCc2cc(C(=O)NCCc3ccccn3)ccc2N1. The highest BCUT2D eigenvalue weighted by Gasteiger charge is 2.16. The Morgan fingerprint density at radius 2 is 2.14 bits per heavy atom. The van der Waals surface area contributed by atoms with E-state index in [-0.39, 0.29) is 11.8 Å². The molecule has 1 aliphatic rings. The van der Waals surface area contributed by atoms with Crippen LogP contribution in [0.3, 0.4) is 0 Å². The van der Waals surface area contributed by atoms with Crippen LogP contribution in [0.1, 0.15) is 28.0 Å². The lowest BCUT2D eigenvalue weighted by atomic mass is 10.00. The molecule has 112 valence electrons. The monoisotopic (exact) mass is 295 g/mol. The van der Waals surface area contributed by atoms with Gasteiger partial charge in [-0.2, -0.15) is 0 Å². The normalized spacial score (nSPS) is 13.2. The molecule has 22 heavy (non-hydrogen) atoms. The van der Waals surface area contributed by atoms with Gasteiger partial charge in [-0.15, -0.1) is 0 Å². The molecule has 0 radical (unpaired) electrons. The van der Waals surface area contributed by atoms with Crippen LogP contribution >= 0.6 is 0 Å². The molecule has 0 aliphatic carbocycles. The highest BCUT2D eigenvalue weighted by molar-refractivity contribution is 5.97. The van der Waals surface area contributed by atoms with Gasteiger partial charge in [0.2, 0.25) is 5.91 Å². The van der Waals surface area contributed by atoms with Crippen LogP contribution in [0.15, 0.2) is 42.6 Å². The number of hydrogen-bond acceptors (Lipinski definition) is 3. The number of fused-ring (bicyclic) bond motifs is 1. The Morgan fingerprint density at radius 3 is 2.95 bits per heavy atom. The van der Waals surface area contributed by atoms with E-state index < -0.39 is 0 Å². The molecule has 1 aliphatic heterocycles. The van der Waals surface area contributed by atoms with Crippen LogP contribution < -0.4 is 10.6 Å². The molecule has 1 aromatic carbocycles. The van der Waals surface area contributed by atoms with Gasteiger partial charge >= 0.3 is 0 Å². The molecule has 2 amide bonds. The summed E-state index contributed by atoms with van der Waals surface area (Å²) in [7, 11) is 0. The largest absolute Gasteiger partial charge is 0.352 e. The average molecular weight is 295 g/mol. The first-order chi connectivity index (χ1) is 10.7. The summed E-state index contributed by atoms with van der Waals surface area (Å²) >= 11 is 0. The van der Waals surface area contributed by atoms with E-state index in [1.807, 2.05) is 24.3 Å². The fraction of sp³-hybridized carbons (Fsp3) is 0.235. The molecule has 0 fully saturated rings. The van der Waals surface area contributed by atoms with E-state index >= 15 is 0 Å². The predicted molar refractivity (Wildman–Crippen MR) is 83.7 cm³/mol. The lowest BCUT2D eigenvalue weighted by Crippen LogP contribution is -2.26. The Labute approximate surface area is 128 Å². The van der Waals surface area contributed by atoms with Gasteiger partial charge in [-0.3, -0.25) is 14.6 Å². The van der Waals surface area contributed by atoms with E-state index in [9.17, 15) is 9.59 Å². The van der Waals surface area contributed by atoms with E-state index in [2.05, 4.69) is 15.6 Å². The lowest BCUT2D eigenvalue weighted by molar-refractivity contribution is -0.116. The molecule has 3 rings (SSSR count). The summed E-state index contributed by atoms with van der Waals surface area (Å²) in [5.41, 5.74) is 3.39. The Morgan fingerprint density at radius 1 is 1.23 bits per heavy atom. The third kappa shape index (κ3) is 3.31. The molecule has 2 heterocycles. The van der Waals surface area contributed by atoms with Gasteiger partial charge in [0.15, 0.2) is 0 Å². The van der Waals surface area contributed by atoms with Crippen molar-refractivity contribution in [3.05, 3.63) is 59.4 Å². The van der Waals surface area contributed by atoms with Crippen LogP contribution in [0.5, 0.6) is 0 Å². The summed E-state index contributed by atoms with van der Waals surface area (Å²) in [5, 5.41) is 5.71. The minimum Gasteiger partial charge on any atom is -0.352 e. The minimum atomic E-state index is -0.101. The zero-order valence-electron chi connectivity index (χ0n) is 12.1. The quantitative estimate of drug-likeness (QED) is 0.905. The third-order valence-electron chi connectivity index (χ3n) is 3.66. The number of aromatic nitrogens is 1. The number of pyridine rings is 1. The topological polar surface area (TPSA) is 71.1 Å². The molecule has 5 nitrogen and oxygen atoms in total. The second-order valence-electron chi connectivity index (χ2n) is 5.25. The van der Waals surface area contributed by atoms with Crippen LogP contribution in [0, 0.1) is 0 Å². The number of nitrogens with one attached hydrogen (secondary N) is 2. The van der Waals surface area contributed by atoms with Crippen LogP contribution in [-0.2, 0) is 17.6 Å². The summed E-state index contributed by atoms with van der Waals surface area (Å²) in [4.78, 5) is 27.7. The van der Waals surface area contributed by atoms with E-state index in [4.69, 9.17) is 0 Å². The maximum absolute atomic E-state index is 12.2. The first kappa shape index (κ1) is 14.3. The maximum Gasteiger partial charge on any atom is 0.251 e. The zero-order chi connectivity index (χ0) is 15.4. The van der Waals surface area contributed by atoms with Crippen LogP contribution in [0.2, 0.25) is 0 Å². The van der Waals surface area contributed by atoms with Crippen molar-refractivity contribution in [1.29, 1.82) is 0 Å². The number of hydrogen-bond donors (Lipinski definition) is 2. The van der Waals surface area contributed by atoms with Crippen molar-refractivity contribution in [3.63, 3.8) is 0 Å².